The van der Waals surface area contributed by atoms with Gasteiger partial charge in [-0.2, -0.15) is 5.10 Å². The quantitative estimate of drug-likeness (QED) is 0.504. The minimum atomic E-state index is -0.453. The van der Waals surface area contributed by atoms with E-state index in [4.69, 9.17) is 28.9 Å². The van der Waals surface area contributed by atoms with Crippen molar-refractivity contribution in [2.75, 3.05) is 0 Å². The highest BCUT2D eigenvalue weighted by atomic mass is 79.9. The summed E-state index contributed by atoms with van der Waals surface area (Å²) < 4.78 is 15.7. The molecule has 0 unspecified atom stereocenters. The Bertz CT molecular complexity index is 907. The molecule has 4 nitrogen and oxygen atoms in total. The summed E-state index contributed by atoms with van der Waals surface area (Å²) in [6.45, 7) is 0. The van der Waals surface area contributed by atoms with Gasteiger partial charge >= 0.3 is 0 Å². The number of rotatable bonds is 2. The average Bonchev–Trinajstić information content (AvgIpc) is 2.84. The SMILES string of the molecule is NC(=Nc1cc(F)ccc1Cl)c1cnn2cc(Br)cc2c1Cl. The van der Waals surface area contributed by atoms with Gasteiger partial charge < -0.3 is 5.73 Å². The maximum Gasteiger partial charge on any atom is 0.134 e. The van der Waals surface area contributed by atoms with Crippen LogP contribution in [0, 0.1) is 5.82 Å². The standard InChI is InChI=1S/C14H8BrCl2FN4/c15-7-3-12-13(17)9(5-20-22(12)6-7)14(19)21-11-4-8(18)1-2-10(11)16/h1-6H,(H2,19,21). The van der Waals surface area contributed by atoms with Crippen LogP contribution in [0.5, 0.6) is 0 Å². The molecule has 0 spiro atoms. The molecule has 8 heteroatoms. The Kier molecular flexibility index (Phi) is 4.08. The molecule has 0 saturated carbocycles. The fourth-order valence-corrected chi connectivity index (χ4v) is 2.79. The number of halogens is 4. The lowest BCUT2D eigenvalue weighted by Gasteiger charge is -2.06. The fourth-order valence-electron chi connectivity index (χ4n) is 1.93. The molecule has 0 radical (unpaired) electrons. The van der Waals surface area contributed by atoms with Crippen molar-refractivity contribution in [3.63, 3.8) is 0 Å². The van der Waals surface area contributed by atoms with Crippen molar-refractivity contribution in [2.45, 2.75) is 0 Å². The van der Waals surface area contributed by atoms with E-state index in [1.54, 1.807) is 16.8 Å². The van der Waals surface area contributed by atoms with E-state index in [1.165, 1.54) is 24.4 Å². The average molecular weight is 402 g/mol. The van der Waals surface area contributed by atoms with Crippen LogP contribution in [0.15, 0.2) is 46.1 Å². The molecule has 0 aliphatic rings. The maximum absolute atomic E-state index is 13.3. The Morgan fingerprint density at radius 1 is 1.32 bits per heavy atom. The molecule has 0 bridgehead atoms. The first-order valence-electron chi connectivity index (χ1n) is 6.07. The first-order valence-corrected chi connectivity index (χ1v) is 7.62. The normalized spacial score (nSPS) is 12.1. The van der Waals surface area contributed by atoms with Crippen LogP contribution in [0.25, 0.3) is 5.52 Å². The number of nitrogens with zero attached hydrogens (tertiary/aromatic N) is 3. The van der Waals surface area contributed by atoms with Gasteiger partial charge in [-0.25, -0.2) is 13.9 Å². The smallest absolute Gasteiger partial charge is 0.134 e. The highest BCUT2D eigenvalue weighted by Gasteiger charge is 2.12. The number of hydrogen-bond donors (Lipinski definition) is 1. The minimum Gasteiger partial charge on any atom is -0.383 e. The Balaban J connectivity index is 2.11. The Morgan fingerprint density at radius 2 is 2.09 bits per heavy atom. The number of amidine groups is 1. The van der Waals surface area contributed by atoms with Crippen LogP contribution in [-0.2, 0) is 0 Å². The molecule has 3 aromatic rings. The Morgan fingerprint density at radius 3 is 2.86 bits per heavy atom. The Labute approximate surface area is 143 Å². The van der Waals surface area contributed by atoms with Crippen LogP contribution >= 0.6 is 39.1 Å². The monoisotopic (exact) mass is 400 g/mol. The van der Waals surface area contributed by atoms with Crippen LogP contribution in [0.3, 0.4) is 0 Å². The van der Waals surface area contributed by atoms with E-state index in [0.29, 0.717) is 21.1 Å². The van der Waals surface area contributed by atoms with E-state index in [9.17, 15) is 4.39 Å². The van der Waals surface area contributed by atoms with Gasteiger partial charge in [0.2, 0.25) is 0 Å². The summed E-state index contributed by atoms with van der Waals surface area (Å²) in [5.41, 5.74) is 7.32. The number of hydrogen-bond acceptors (Lipinski definition) is 2. The van der Waals surface area contributed by atoms with Crippen LogP contribution in [0.4, 0.5) is 10.1 Å². The molecule has 3 rings (SSSR count). The molecule has 22 heavy (non-hydrogen) atoms. The van der Waals surface area contributed by atoms with Crippen molar-refractivity contribution in [1.82, 2.24) is 9.61 Å². The second kappa shape index (κ2) is 5.87. The summed E-state index contributed by atoms with van der Waals surface area (Å²) >= 11 is 15.7. The third-order valence-corrected chi connectivity index (χ3v) is 4.12. The van der Waals surface area contributed by atoms with Gasteiger partial charge in [0.1, 0.15) is 11.7 Å². The molecule has 0 atom stereocenters. The lowest BCUT2D eigenvalue weighted by molar-refractivity contribution is 0.628. The number of nitrogens with two attached hydrogens (primary N) is 1. The predicted molar refractivity (Wildman–Crippen MR) is 89.7 cm³/mol. The van der Waals surface area contributed by atoms with E-state index in [-0.39, 0.29) is 11.5 Å². The Hall–Kier alpha value is -1.63. The molecular formula is C14H8BrCl2FN4. The molecule has 2 heterocycles. The minimum absolute atomic E-state index is 0.102. The van der Waals surface area contributed by atoms with Crippen molar-refractivity contribution in [1.29, 1.82) is 0 Å². The van der Waals surface area contributed by atoms with Crippen LogP contribution in [0.1, 0.15) is 5.56 Å². The van der Waals surface area contributed by atoms with Gasteiger partial charge in [-0.3, -0.25) is 0 Å². The predicted octanol–water partition coefficient (Wildman–Crippen LogP) is 4.58. The van der Waals surface area contributed by atoms with Crippen molar-refractivity contribution < 1.29 is 4.39 Å². The van der Waals surface area contributed by atoms with Crippen LogP contribution < -0.4 is 5.73 Å². The third kappa shape index (κ3) is 2.82. The molecule has 0 aliphatic carbocycles. The molecular weight excluding hydrogens is 394 g/mol. The summed E-state index contributed by atoms with van der Waals surface area (Å²) in [5.74, 6) is -0.351. The molecule has 2 N–H and O–H groups in total. The van der Waals surface area contributed by atoms with Crippen LogP contribution in [0.2, 0.25) is 10.0 Å². The van der Waals surface area contributed by atoms with Crippen molar-refractivity contribution >= 4 is 56.2 Å². The zero-order chi connectivity index (χ0) is 15.9. The topological polar surface area (TPSA) is 55.7 Å². The highest BCUT2D eigenvalue weighted by Crippen LogP contribution is 2.28. The van der Waals surface area contributed by atoms with Crippen LogP contribution in [-0.4, -0.2) is 15.4 Å². The van der Waals surface area contributed by atoms with Gasteiger partial charge in [0, 0.05) is 16.7 Å². The van der Waals surface area contributed by atoms with E-state index in [0.717, 1.165) is 4.47 Å². The fraction of sp³-hybridized carbons (Fsp3) is 0. The second-order valence-electron chi connectivity index (χ2n) is 4.45. The number of aromatic nitrogens is 2. The van der Waals surface area contributed by atoms with Crippen molar-refractivity contribution in [3.8, 4) is 0 Å². The molecule has 2 aromatic heterocycles. The van der Waals surface area contributed by atoms with Crippen molar-refractivity contribution in [2.24, 2.45) is 10.7 Å². The third-order valence-electron chi connectivity index (χ3n) is 2.96. The van der Waals surface area contributed by atoms with Gasteiger partial charge in [-0.1, -0.05) is 23.2 Å². The lowest BCUT2D eigenvalue weighted by Crippen LogP contribution is -2.14. The van der Waals surface area contributed by atoms with Gasteiger partial charge in [0.15, 0.2) is 0 Å². The summed E-state index contributed by atoms with van der Waals surface area (Å²) in [4.78, 5) is 4.14. The van der Waals surface area contributed by atoms with Gasteiger partial charge in [-0.05, 0) is 34.1 Å². The van der Waals surface area contributed by atoms with Gasteiger partial charge in [-0.15, -0.1) is 0 Å². The molecule has 112 valence electrons. The first kappa shape index (κ1) is 15.3. The largest absolute Gasteiger partial charge is 0.383 e. The zero-order valence-electron chi connectivity index (χ0n) is 10.9. The van der Waals surface area contributed by atoms with E-state index in [1.807, 2.05) is 0 Å². The number of fused-ring (bicyclic) bond motifs is 1. The van der Waals surface area contributed by atoms with E-state index < -0.39 is 5.82 Å². The summed E-state index contributed by atoms with van der Waals surface area (Å²) in [6.07, 6.45) is 3.26. The van der Waals surface area contributed by atoms with Gasteiger partial charge in [0.05, 0.1) is 33.0 Å². The lowest BCUT2D eigenvalue weighted by atomic mass is 10.2. The molecule has 1 aromatic carbocycles. The van der Waals surface area contributed by atoms with E-state index >= 15 is 0 Å². The highest BCUT2D eigenvalue weighted by molar-refractivity contribution is 9.10. The van der Waals surface area contributed by atoms with E-state index in [2.05, 4.69) is 26.0 Å². The summed E-state index contributed by atoms with van der Waals surface area (Å²) in [5, 5.41) is 4.89. The summed E-state index contributed by atoms with van der Waals surface area (Å²) in [7, 11) is 0. The second-order valence-corrected chi connectivity index (χ2v) is 6.15. The molecule has 0 fully saturated rings. The molecule has 0 amide bonds. The first-order chi connectivity index (χ1) is 10.5. The van der Waals surface area contributed by atoms with Gasteiger partial charge in [0.25, 0.3) is 0 Å². The van der Waals surface area contributed by atoms with Crippen molar-refractivity contribution in [3.05, 3.63) is 62.6 Å². The summed E-state index contributed by atoms with van der Waals surface area (Å²) in [6, 6.07) is 5.66. The zero-order valence-corrected chi connectivity index (χ0v) is 14.0. The number of aliphatic imine (C=N–C) groups is 1. The molecule has 0 aliphatic heterocycles. The number of benzene rings is 1. The maximum atomic E-state index is 13.3. The molecule has 0 saturated heterocycles.